The summed E-state index contributed by atoms with van der Waals surface area (Å²) in [6.07, 6.45) is 2.19. The first kappa shape index (κ1) is 18.6. The van der Waals surface area contributed by atoms with Crippen LogP contribution in [0.5, 0.6) is 0 Å². The second kappa shape index (κ2) is 7.62. The topological polar surface area (TPSA) is 49.9 Å². The molecule has 0 atom stereocenters. The van der Waals surface area contributed by atoms with E-state index in [4.69, 9.17) is 4.74 Å². The second-order valence-corrected chi connectivity index (χ2v) is 7.42. The van der Waals surface area contributed by atoms with Crippen LogP contribution in [0.15, 0.2) is 23.9 Å². The first-order valence-electron chi connectivity index (χ1n) is 9.44. The molecule has 2 aliphatic rings. The molecule has 1 saturated heterocycles. The van der Waals surface area contributed by atoms with E-state index in [2.05, 4.69) is 11.0 Å². The maximum Gasteiger partial charge on any atom is 0.277 e. The summed E-state index contributed by atoms with van der Waals surface area (Å²) in [5.41, 5.74) is 4.16. The molecule has 140 valence electrons. The molecule has 26 heavy (non-hydrogen) atoms. The number of aryl methyl sites for hydroxylation is 2. The molecule has 0 bridgehead atoms. The Hall–Kier alpha value is -2.14. The van der Waals surface area contributed by atoms with Crippen molar-refractivity contribution in [2.75, 3.05) is 26.2 Å². The Balaban J connectivity index is 1.97. The molecule has 0 aromatic heterocycles. The number of rotatable bonds is 6. The van der Waals surface area contributed by atoms with Crippen LogP contribution in [0, 0.1) is 13.8 Å². The van der Waals surface area contributed by atoms with Crippen LogP contribution >= 0.6 is 0 Å². The average Bonchev–Trinajstić information content (AvgIpc) is 3.17. The normalized spacial score (nSPS) is 18.0. The van der Waals surface area contributed by atoms with Crippen molar-refractivity contribution in [2.24, 2.45) is 0 Å². The minimum atomic E-state index is -0.198. The number of ether oxygens (including phenoxy) is 1. The van der Waals surface area contributed by atoms with Crippen molar-refractivity contribution in [1.29, 1.82) is 0 Å². The summed E-state index contributed by atoms with van der Waals surface area (Å²) in [6, 6.07) is 6.03. The van der Waals surface area contributed by atoms with Crippen molar-refractivity contribution in [3.8, 4) is 0 Å². The van der Waals surface area contributed by atoms with Crippen molar-refractivity contribution >= 4 is 17.4 Å². The van der Waals surface area contributed by atoms with Gasteiger partial charge in [0.2, 0.25) is 0 Å². The summed E-state index contributed by atoms with van der Waals surface area (Å²) in [7, 11) is 0. The summed E-state index contributed by atoms with van der Waals surface area (Å²) >= 11 is 0. The fourth-order valence-electron chi connectivity index (χ4n) is 3.72. The minimum absolute atomic E-state index is 0.0765. The molecule has 0 aliphatic carbocycles. The number of carbonyl (C=O) groups is 2. The molecular formula is C21H28N2O3. The number of hydrogen-bond donors (Lipinski definition) is 0. The standard InChI is InChI=1S/C21H28N2O3/c1-14(2)26-12-11-23-20(24)18(17-8-7-15(3)13-16(17)4)19(21(23)25)22-9-5-6-10-22/h7-8,13-14H,5-6,9-12H2,1-4H3. The molecule has 5 heteroatoms. The van der Waals surface area contributed by atoms with E-state index in [0.29, 0.717) is 24.4 Å². The van der Waals surface area contributed by atoms with E-state index in [1.165, 1.54) is 4.90 Å². The Labute approximate surface area is 155 Å². The summed E-state index contributed by atoms with van der Waals surface area (Å²) in [5, 5.41) is 0. The summed E-state index contributed by atoms with van der Waals surface area (Å²) in [4.78, 5) is 29.7. The summed E-state index contributed by atoms with van der Waals surface area (Å²) in [5.74, 6) is -0.379. The van der Waals surface area contributed by atoms with E-state index in [9.17, 15) is 9.59 Å². The van der Waals surface area contributed by atoms with E-state index in [1.54, 1.807) is 0 Å². The lowest BCUT2D eigenvalue weighted by Crippen LogP contribution is -2.37. The quantitative estimate of drug-likeness (QED) is 0.736. The molecule has 0 radical (unpaired) electrons. The van der Waals surface area contributed by atoms with Gasteiger partial charge in [-0.1, -0.05) is 23.8 Å². The van der Waals surface area contributed by atoms with Gasteiger partial charge in [-0.15, -0.1) is 0 Å². The van der Waals surface area contributed by atoms with Gasteiger partial charge in [-0.25, -0.2) is 0 Å². The predicted octanol–water partition coefficient (Wildman–Crippen LogP) is 2.90. The highest BCUT2D eigenvalue weighted by Gasteiger charge is 2.42. The van der Waals surface area contributed by atoms with E-state index in [-0.39, 0.29) is 17.9 Å². The fourth-order valence-corrected chi connectivity index (χ4v) is 3.72. The Morgan fingerprint density at radius 1 is 1.08 bits per heavy atom. The second-order valence-electron chi connectivity index (χ2n) is 7.42. The van der Waals surface area contributed by atoms with Crippen LogP contribution in [0.3, 0.4) is 0 Å². The van der Waals surface area contributed by atoms with Gasteiger partial charge in [-0.2, -0.15) is 0 Å². The molecule has 2 aliphatic heterocycles. The van der Waals surface area contributed by atoms with Gasteiger partial charge in [0.05, 0.1) is 24.8 Å². The zero-order chi connectivity index (χ0) is 18.8. The average molecular weight is 356 g/mol. The summed E-state index contributed by atoms with van der Waals surface area (Å²) < 4.78 is 5.56. The van der Waals surface area contributed by atoms with Crippen LogP contribution in [0.2, 0.25) is 0 Å². The maximum absolute atomic E-state index is 13.2. The van der Waals surface area contributed by atoms with Crippen molar-refractivity contribution < 1.29 is 14.3 Å². The highest BCUT2D eigenvalue weighted by atomic mass is 16.5. The van der Waals surface area contributed by atoms with Crippen LogP contribution in [-0.4, -0.2) is 54.0 Å². The fraction of sp³-hybridized carbons (Fsp3) is 0.524. The lowest BCUT2D eigenvalue weighted by atomic mass is 9.97. The maximum atomic E-state index is 13.2. The molecule has 2 amide bonds. The largest absolute Gasteiger partial charge is 0.377 e. The highest BCUT2D eigenvalue weighted by molar-refractivity contribution is 6.35. The van der Waals surface area contributed by atoms with Crippen LogP contribution in [0.1, 0.15) is 43.4 Å². The van der Waals surface area contributed by atoms with Gasteiger partial charge in [0.15, 0.2) is 0 Å². The molecule has 2 heterocycles. The van der Waals surface area contributed by atoms with Gasteiger partial charge in [-0.3, -0.25) is 14.5 Å². The van der Waals surface area contributed by atoms with Crippen molar-refractivity contribution in [3.05, 3.63) is 40.6 Å². The van der Waals surface area contributed by atoms with E-state index >= 15 is 0 Å². The number of benzene rings is 1. The number of nitrogens with zero attached hydrogens (tertiary/aromatic N) is 2. The molecule has 1 aromatic carbocycles. The number of likely N-dealkylation sites (tertiary alicyclic amines) is 1. The number of amides is 2. The highest BCUT2D eigenvalue weighted by Crippen LogP contribution is 2.34. The third-order valence-corrected chi connectivity index (χ3v) is 4.98. The number of carbonyl (C=O) groups excluding carboxylic acids is 2. The van der Waals surface area contributed by atoms with Crippen molar-refractivity contribution in [1.82, 2.24) is 9.80 Å². The molecule has 5 nitrogen and oxygen atoms in total. The van der Waals surface area contributed by atoms with Crippen LogP contribution in [-0.2, 0) is 14.3 Å². The van der Waals surface area contributed by atoms with E-state index in [1.807, 2.05) is 39.8 Å². The Morgan fingerprint density at radius 2 is 1.77 bits per heavy atom. The van der Waals surface area contributed by atoms with Crippen LogP contribution in [0.25, 0.3) is 5.57 Å². The Morgan fingerprint density at radius 3 is 2.38 bits per heavy atom. The summed E-state index contributed by atoms with van der Waals surface area (Å²) in [6.45, 7) is 10.2. The Bertz CT molecular complexity index is 746. The zero-order valence-electron chi connectivity index (χ0n) is 16.2. The minimum Gasteiger partial charge on any atom is -0.377 e. The number of imide groups is 1. The van der Waals surface area contributed by atoms with Crippen molar-refractivity contribution in [3.63, 3.8) is 0 Å². The molecule has 0 N–H and O–H groups in total. The van der Waals surface area contributed by atoms with Gasteiger partial charge in [0.25, 0.3) is 11.8 Å². The first-order chi connectivity index (χ1) is 12.4. The monoisotopic (exact) mass is 356 g/mol. The van der Waals surface area contributed by atoms with Gasteiger partial charge < -0.3 is 9.64 Å². The van der Waals surface area contributed by atoms with Gasteiger partial charge in [0.1, 0.15) is 5.70 Å². The lowest BCUT2D eigenvalue weighted by molar-refractivity contribution is -0.138. The van der Waals surface area contributed by atoms with Crippen LogP contribution < -0.4 is 0 Å². The lowest BCUT2D eigenvalue weighted by Gasteiger charge is -2.20. The third kappa shape index (κ3) is 3.54. The van der Waals surface area contributed by atoms with E-state index in [0.717, 1.165) is 42.6 Å². The first-order valence-corrected chi connectivity index (χ1v) is 9.44. The van der Waals surface area contributed by atoms with Gasteiger partial charge in [0, 0.05) is 13.1 Å². The van der Waals surface area contributed by atoms with Crippen molar-refractivity contribution in [2.45, 2.75) is 46.6 Å². The van der Waals surface area contributed by atoms with Gasteiger partial charge >= 0.3 is 0 Å². The zero-order valence-corrected chi connectivity index (χ0v) is 16.2. The molecule has 1 fully saturated rings. The molecule has 1 aromatic rings. The third-order valence-electron chi connectivity index (χ3n) is 4.98. The van der Waals surface area contributed by atoms with E-state index < -0.39 is 0 Å². The number of hydrogen-bond acceptors (Lipinski definition) is 4. The molecule has 0 unspecified atom stereocenters. The SMILES string of the molecule is Cc1ccc(C2=C(N3CCCC3)C(=O)N(CCOC(C)C)C2=O)c(C)c1. The molecule has 3 rings (SSSR count). The van der Waals surface area contributed by atoms with Crippen LogP contribution in [0.4, 0.5) is 0 Å². The molecule has 0 saturated carbocycles. The predicted molar refractivity (Wildman–Crippen MR) is 101 cm³/mol. The Kier molecular flexibility index (Phi) is 5.47. The molecular weight excluding hydrogens is 328 g/mol. The van der Waals surface area contributed by atoms with Gasteiger partial charge in [-0.05, 0) is 51.7 Å². The smallest absolute Gasteiger partial charge is 0.277 e. The molecule has 0 spiro atoms.